The van der Waals surface area contributed by atoms with Crippen LogP contribution in [0.4, 0.5) is 0 Å². The molecule has 0 fully saturated rings. The molecule has 0 spiro atoms. The number of aryl methyl sites for hydroxylation is 1. The molecule has 0 atom stereocenters. The third kappa shape index (κ3) is 2.52. The van der Waals surface area contributed by atoms with Crippen molar-refractivity contribution < 1.29 is 0 Å². The van der Waals surface area contributed by atoms with Crippen molar-refractivity contribution in [1.82, 2.24) is 0 Å². The SMILES string of the molecule is CC1=CC(c2ccc(C)cc2)=CCC(C)=C1. The third-order valence-corrected chi connectivity index (χ3v) is 2.89. The van der Waals surface area contributed by atoms with Crippen molar-refractivity contribution in [1.29, 1.82) is 0 Å². The molecule has 0 unspecified atom stereocenters. The average molecular weight is 210 g/mol. The first kappa shape index (κ1) is 10.9. The Bertz CT molecular complexity index is 467. The van der Waals surface area contributed by atoms with Crippen LogP contribution in [0.5, 0.6) is 0 Å². The smallest absolute Gasteiger partial charge is 0.0129 e. The molecule has 1 aromatic rings. The summed E-state index contributed by atoms with van der Waals surface area (Å²) in [7, 11) is 0. The molecule has 82 valence electrons. The predicted octanol–water partition coefficient (Wildman–Crippen LogP) is 4.67. The molecule has 0 N–H and O–H groups in total. The zero-order chi connectivity index (χ0) is 11.5. The summed E-state index contributed by atoms with van der Waals surface area (Å²) in [6, 6.07) is 8.74. The lowest BCUT2D eigenvalue weighted by atomic mass is 10.0. The van der Waals surface area contributed by atoms with Crippen LogP contribution in [0.2, 0.25) is 0 Å². The van der Waals surface area contributed by atoms with Gasteiger partial charge in [-0.15, -0.1) is 0 Å². The Kier molecular flexibility index (Phi) is 3.09. The number of rotatable bonds is 1. The molecular weight excluding hydrogens is 192 g/mol. The Balaban J connectivity index is 2.36. The van der Waals surface area contributed by atoms with Gasteiger partial charge in [-0.3, -0.25) is 0 Å². The Morgan fingerprint density at radius 2 is 1.56 bits per heavy atom. The fourth-order valence-corrected chi connectivity index (χ4v) is 2.01. The van der Waals surface area contributed by atoms with Gasteiger partial charge < -0.3 is 0 Å². The fraction of sp³-hybridized carbons (Fsp3) is 0.250. The predicted molar refractivity (Wildman–Crippen MR) is 71.3 cm³/mol. The van der Waals surface area contributed by atoms with Gasteiger partial charge >= 0.3 is 0 Å². The normalized spacial score (nSPS) is 16.1. The molecule has 0 radical (unpaired) electrons. The highest BCUT2D eigenvalue weighted by Gasteiger charge is 2.02. The third-order valence-electron chi connectivity index (χ3n) is 2.89. The van der Waals surface area contributed by atoms with E-state index in [4.69, 9.17) is 0 Å². The molecule has 0 saturated heterocycles. The van der Waals surface area contributed by atoms with Crippen LogP contribution < -0.4 is 0 Å². The molecule has 1 aromatic carbocycles. The van der Waals surface area contributed by atoms with Gasteiger partial charge in [0.2, 0.25) is 0 Å². The topological polar surface area (TPSA) is 0 Å². The summed E-state index contributed by atoms with van der Waals surface area (Å²) in [5.41, 5.74) is 6.73. The molecule has 1 aliphatic rings. The second-order valence-electron chi connectivity index (χ2n) is 4.61. The van der Waals surface area contributed by atoms with Crippen molar-refractivity contribution in [3.8, 4) is 0 Å². The van der Waals surface area contributed by atoms with Crippen molar-refractivity contribution in [3.05, 3.63) is 64.8 Å². The molecule has 0 aliphatic heterocycles. The van der Waals surface area contributed by atoms with Crippen LogP contribution in [0.1, 0.15) is 31.4 Å². The number of hydrogen-bond donors (Lipinski definition) is 0. The summed E-state index contributed by atoms with van der Waals surface area (Å²) in [4.78, 5) is 0. The zero-order valence-corrected chi connectivity index (χ0v) is 10.2. The quantitative estimate of drug-likeness (QED) is 0.631. The van der Waals surface area contributed by atoms with Crippen molar-refractivity contribution in [2.75, 3.05) is 0 Å². The molecule has 0 heterocycles. The van der Waals surface area contributed by atoms with Crippen LogP contribution in [0.15, 0.2) is 53.6 Å². The summed E-state index contributed by atoms with van der Waals surface area (Å²) >= 11 is 0. The van der Waals surface area contributed by atoms with Gasteiger partial charge in [0.25, 0.3) is 0 Å². The van der Waals surface area contributed by atoms with E-state index in [1.165, 1.54) is 27.8 Å². The average Bonchev–Trinajstić information content (AvgIpc) is 2.41. The summed E-state index contributed by atoms with van der Waals surface area (Å²) < 4.78 is 0. The van der Waals surface area contributed by atoms with Crippen molar-refractivity contribution >= 4 is 5.57 Å². The fourth-order valence-electron chi connectivity index (χ4n) is 2.01. The Hall–Kier alpha value is -1.56. The summed E-state index contributed by atoms with van der Waals surface area (Å²) in [6.07, 6.45) is 7.89. The number of benzene rings is 1. The Morgan fingerprint density at radius 3 is 2.25 bits per heavy atom. The first-order valence-electron chi connectivity index (χ1n) is 5.78. The molecular formula is C16H18. The lowest BCUT2D eigenvalue weighted by Gasteiger charge is -2.03. The lowest BCUT2D eigenvalue weighted by Crippen LogP contribution is -1.82. The molecule has 0 bridgehead atoms. The second-order valence-corrected chi connectivity index (χ2v) is 4.61. The van der Waals surface area contributed by atoms with E-state index in [1.54, 1.807) is 0 Å². The maximum atomic E-state index is 2.31. The monoisotopic (exact) mass is 210 g/mol. The van der Waals surface area contributed by atoms with Gasteiger partial charge in [0.15, 0.2) is 0 Å². The number of allylic oxidation sites excluding steroid dienone is 6. The molecule has 16 heavy (non-hydrogen) atoms. The molecule has 2 rings (SSSR count). The summed E-state index contributed by atoms with van der Waals surface area (Å²) in [5, 5.41) is 0. The van der Waals surface area contributed by atoms with Crippen LogP contribution in [-0.2, 0) is 0 Å². The van der Waals surface area contributed by atoms with E-state index in [-0.39, 0.29) is 0 Å². The van der Waals surface area contributed by atoms with Gasteiger partial charge in [-0.05, 0) is 38.3 Å². The Morgan fingerprint density at radius 1 is 0.875 bits per heavy atom. The second kappa shape index (κ2) is 4.52. The minimum absolute atomic E-state index is 1.05. The molecule has 0 nitrogen and oxygen atoms in total. The van der Waals surface area contributed by atoms with Crippen LogP contribution in [-0.4, -0.2) is 0 Å². The molecule has 0 aromatic heterocycles. The van der Waals surface area contributed by atoms with Gasteiger partial charge in [0, 0.05) is 0 Å². The van der Waals surface area contributed by atoms with Crippen LogP contribution in [0, 0.1) is 6.92 Å². The largest absolute Gasteiger partial charge is 0.0726 e. The van der Waals surface area contributed by atoms with E-state index in [0.717, 1.165) is 6.42 Å². The minimum Gasteiger partial charge on any atom is -0.0726 e. The summed E-state index contributed by atoms with van der Waals surface area (Å²) in [6.45, 7) is 6.47. The minimum atomic E-state index is 1.05. The molecule has 0 amide bonds. The first-order valence-corrected chi connectivity index (χ1v) is 5.78. The number of hydrogen-bond acceptors (Lipinski definition) is 0. The molecule has 0 heteroatoms. The lowest BCUT2D eigenvalue weighted by molar-refractivity contribution is 1.21. The summed E-state index contributed by atoms with van der Waals surface area (Å²) in [5.74, 6) is 0. The van der Waals surface area contributed by atoms with Gasteiger partial charge in [-0.25, -0.2) is 0 Å². The van der Waals surface area contributed by atoms with Gasteiger partial charge in [0.1, 0.15) is 0 Å². The highest BCUT2D eigenvalue weighted by atomic mass is 14.1. The maximum Gasteiger partial charge on any atom is -0.0129 e. The van der Waals surface area contributed by atoms with Gasteiger partial charge in [0.05, 0.1) is 0 Å². The van der Waals surface area contributed by atoms with Crippen molar-refractivity contribution in [3.63, 3.8) is 0 Å². The van der Waals surface area contributed by atoms with E-state index >= 15 is 0 Å². The van der Waals surface area contributed by atoms with Crippen molar-refractivity contribution in [2.45, 2.75) is 27.2 Å². The first-order chi connectivity index (χ1) is 7.65. The highest BCUT2D eigenvalue weighted by Crippen LogP contribution is 2.23. The Labute approximate surface area is 98.0 Å². The highest BCUT2D eigenvalue weighted by molar-refractivity contribution is 5.76. The maximum absolute atomic E-state index is 2.31. The van der Waals surface area contributed by atoms with Crippen molar-refractivity contribution in [2.24, 2.45) is 0 Å². The van der Waals surface area contributed by atoms with E-state index in [2.05, 4.69) is 63.3 Å². The van der Waals surface area contributed by atoms with Crippen LogP contribution in [0.3, 0.4) is 0 Å². The van der Waals surface area contributed by atoms with Gasteiger partial charge in [-0.1, -0.05) is 59.2 Å². The van der Waals surface area contributed by atoms with Crippen LogP contribution in [0.25, 0.3) is 5.57 Å². The van der Waals surface area contributed by atoms with E-state index in [9.17, 15) is 0 Å². The zero-order valence-electron chi connectivity index (χ0n) is 10.2. The van der Waals surface area contributed by atoms with E-state index in [1.807, 2.05) is 0 Å². The molecule has 0 saturated carbocycles. The molecule has 1 aliphatic carbocycles. The van der Waals surface area contributed by atoms with E-state index < -0.39 is 0 Å². The standard InChI is InChI=1S/C16H18/c1-12-4-7-15(8-5-12)16-9-6-13(2)10-14(3)11-16/h4-5,7-11H,6H2,1-3H3. The van der Waals surface area contributed by atoms with Gasteiger partial charge in [-0.2, -0.15) is 0 Å². The van der Waals surface area contributed by atoms with E-state index in [0.29, 0.717) is 0 Å². The van der Waals surface area contributed by atoms with Crippen LogP contribution >= 0.6 is 0 Å².